The number of ether oxygens (including phenoxy) is 1. The standard InChI is InChI=1S/C9H16F3NO3/c1-3-16-5-4-13(2)6-7(8(14)15)9(10,11)12/h7H,3-6H2,1-2H3,(H,14,15). The van der Waals surface area contributed by atoms with Gasteiger partial charge in [0.25, 0.3) is 0 Å². The Labute approximate surface area is 92.0 Å². The molecular formula is C9H16F3NO3. The molecule has 0 saturated carbocycles. The maximum atomic E-state index is 12.3. The van der Waals surface area contributed by atoms with Crippen molar-refractivity contribution in [3.63, 3.8) is 0 Å². The number of alkyl halides is 3. The van der Waals surface area contributed by atoms with Crippen molar-refractivity contribution in [2.24, 2.45) is 5.92 Å². The van der Waals surface area contributed by atoms with Gasteiger partial charge in [-0.05, 0) is 14.0 Å². The summed E-state index contributed by atoms with van der Waals surface area (Å²) in [6.45, 7) is 2.25. The Kier molecular flexibility index (Phi) is 6.35. The molecule has 0 aromatic heterocycles. The molecule has 0 amide bonds. The average Bonchev–Trinajstić information content (AvgIpc) is 2.12. The molecule has 96 valence electrons. The summed E-state index contributed by atoms with van der Waals surface area (Å²) in [4.78, 5) is 11.7. The van der Waals surface area contributed by atoms with Crippen LogP contribution in [0.15, 0.2) is 0 Å². The molecule has 0 fully saturated rings. The first-order valence-electron chi connectivity index (χ1n) is 4.84. The molecule has 0 aliphatic heterocycles. The third-order valence-corrected chi connectivity index (χ3v) is 2.01. The number of carbonyl (C=O) groups is 1. The molecule has 7 heteroatoms. The Hall–Kier alpha value is -0.820. The number of nitrogens with zero attached hydrogens (tertiary/aromatic N) is 1. The maximum Gasteiger partial charge on any atom is 0.403 e. The maximum absolute atomic E-state index is 12.3. The minimum atomic E-state index is -4.72. The monoisotopic (exact) mass is 243 g/mol. The van der Waals surface area contributed by atoms with Crippen LogP contribution in [0.5, 0.6) is 0 Å². The smallest absolute Gasteiger partial charge is 0.403 e. The molecule has 1 N–H and O–H groups in total. The van der Waals surface area contributed by atoms with E-state index in [1.807, 2.05) is 0 Å². The molecule has 0 rings (SSSR count). The molecule has 0 aliphatic carbocycles. The quantitative estimate of drug-likeness (QED) is 0.683. The summed E-state index contributed by atoms with van der Waals surface area (Å²) in [6.07, 6.45) is -4.72. The third kappa shape index (κ3) is 5.92. The minimum absolute atomic E-state index is 0.272. The van der Waals surface area contributed by atoms with Crippen molar-refractivity contribution >= 4 is 5.97 Å². The van der Waals surface area contributed by atoms with E-state index >= 15 is 0 Å². The van der Waals surface area contributed by atoms with E-state index in [4.69, 9.17) is 9.84 Å². The van der Waals surface area contributed by atoms with E-state index in [0.29, 0.717) is 6.61 Å². The Morgan fingerprint density at radius 3 is 2.44 bits per heavy atom. The van der Waals surface area contributed by atoms with Crippen LogP contribution in [0.3, 0.4) is 0 Å². The van der Waals surface area contributed by atoms with Gasteiger partial charge in [0.05, 0.1) is 6.61 Å². The summed E-state index contributed by atoms with van der Waals surface area (Å²) in [6, 6.07) is 0. The molecule has 0 spiro atoms. The van der Waals surface area contributed by atoms with Gasteiger partial charge in [-0.3, -0.25) is 4.79 Å². The lowest BCUT2D eigenvalue weighted by Gasteiger charge is -2.22. The van der Waals surface area contributed by atoms with Crippen LogP contribution in [0.4, 0.5) is 13.2 Å². The Morgan fingerprint density at radius 2 is 2.06 bits per heavy atom. The first kappa shape index (κ1) is 15.2. The number of rotatable bonds is 7. The Balaban J connectivity index is 4.15. The van der Waals surface area contributed by atoms with Gasteiger partial charge in [-0.25, -0.2) is 0 Å². The number of carboxylic acid groups (broad SMARTS) is 1. The molecule has 0 bridgehead atoms. The van der Waals surface area contributed by atoms with E-state index in [2.05, 4.69) is 0 Å². The number of hydrogen-bond donors (Lipinski definition) is 1. The van der Waals surface area contributed by atoms with Gasteiger partial charge in [0.1, 0.15) is 0 Å². The first-order chi connectivity index (χ1) is 7.29. The molecular weight excluding hydrogens is 227 g/mol. The molecule has 0 aromatic rings. The molecule has 0 saturated heterocycles. The van der Waals surface area contributed by atoms with Gasteiger partial charge in [0.2, 0.25) is 0 Å². The summed E-state index contributed by atoms with van der Waals surface area (Å²) < 4.78 is 41.8. The summed E-state index contributed by atoms with van der Waals surface area (Å²) in [5.74, 6) is -4.20. The van der Waals surface area contributed by atoms with Gasteiger partial charge in [-0.2, -0.15) is 13.2 Å². The summed E-state index contributed by atoms with van der Waals surface area (Å²) >= 11 is 0. The van der Waals surface area contributed by atoms with Crippen LogP contribution >= 0.6 is 0 Å². The topological polar surface area (TPSA) is 49.8 Å². The Morgan fingerprint density at radius 1 is 1.50 bits per heavy atom. The van der Waals surface area contributed by atoms with Crippen molar-refractivity contribution in [1.82, 2.24) is 4.90 Å². The number of aliphatic carboxylic acids is 1. The number of carboxylic acids is 1. The summed E-state index contributed by atoms with van der Waals surface area (Å²) in [7, 11) is 1.43. The molecule has 4 nitrogen and oxygen atoms in total. The van der Waals surface area contributed by atoms with Gasteiger partial charge >= 0.3 is 12.1 Å². The fourth-order valence-electron chi connectivity index (χ4n) is 1.09. The van der Waals surface area contributed by atoms with Crippen LogP contribution in [0.1, 0.15) is 6.92 Å². The van der Waals surface area contributed by atoms with E-state index in [1.165, 1.54) is 11.9 Å². The summed E-state index contributed by atoms with van der Waals surface area (Å²) in [5.41, 5.74) is 0. The number of hydrogen-bond acceptors (Lipinski definition) is 3. The van der Waals surface area contributed by atoms with E-state index in [1.54, 1.807) is 6.92 Å². The summed E-state index contributed by atoms with van der Waals surface area (Å²) in [5, 5.41) is 8.45. The van der Waals surface area contributed by atoms with Gasteiger partial charge in [-0.15, -0.1) is 0 Å². The van der Waals surface area contributed by atoms with Gasteiger partial charge in [0.15, 0.2) is 5.92 Å². The van der Waals surface area contributed by atoms with Crippen molar-refractivity contribution in [1.29, 1.82) is 0 Å². The van der Waals surface area contributed by atoms with Crippen molar-refractivity contribution in [3.8, 4) is 0 Å². The lowest BCUT2D eigenvalue weighted by atomic mass is 10.1. The highest BCUT2D eigenvalue weighted by molar-refractivity contribution is 5.71. The predicted molar refractivity (Wildman–Crippen MR) is 51.2 cm³/mol. The highest BCUT2D eigenvalue weighted by atomic mass is 19.4. The lowest BCUT2D eigenvalue weighted by molar-refractivity contribution is -0.196. The molecule has 1 atom stereocenters. The van der Waals surface area contributed by atoms with Crippen molar-refractivity contribution in [3.05, 3.63) is 0 Å². The predicted octanol–water partition coefficient (Wildman–Crippen LogP) is 1.22. The normalized spacial score (nSPS) is 14.1. The van der Waals surface area contributed by atoms with Crippen LogP contribution in [-0.2, 0) is 9.53 Å². The third-order valence-electron chi connectivity index (χ3n) is 2.01. The van der Waals surface area contributed by atoms with Crippen LogP contribution in [0.2, 0.25) is 0 Å². The van der Waals surface area contributed by atoms with E-state index < -0.39 is 24.6 Å². The van der Waals surface area contributed by atoms with Gasteiger partial charge in [-0.1, -0.05) is 0 Å². The van der Waals surface area contributed by atoms with Crippen molar-refractivity contribution in [2.75, 3.05) is 33.4 Å². The van der Waals surface area contributed by atoms with E-state index in [-0.39, 0.29) is 13.2 Å². The molecule has 0 radical (unpaired) electrons. The number of halogens is 3. The molecule has 0 aliphatic rings. The van der Waals surface area contributed by atoms with Crippen LogP contribution in [-0.4, -0.2) is 55.5 Å². The zero-order valence-electron chi connectivity index (χ0n) is 9.25. The fourth-order valence-corrected chi connectivity index (χ4v) is 1.09. The second kappa shape index (κ2) is 6.70. The van der Waals surface area contributed by atoms with Gasteiger partial charge < -0.3 is 14.7 Å². The van der Waals surface area contributed by atoms with E-state index in [0.717, 1.165) is 0 Å². The number of likely N-dealkylation sites (N-methyl/N-ethyl adjacent to an activating group) is 1. The SMILES string of the molecule is CCOCCN(C)CC(C(=O)O)C(F)(F)F. The second-order valence-corrected chi connectivity index (χ2v) is 3.39. The van der Waals surface area contributed by atoms with Gasteiger partial charge in [0, 0.05) is 19.7 Å². The van der Waals surface area contributed by atoms with Crippen molar-refractivity contribution < 1.29 is 27.8 Å². The zero-order valence-corrected chi connectivity index (χ0v) is 9.25. The molecule has 0 heterocycles. The minimum Gasteiger partial charge on any atom is -0.481 e. The first-order valence-corrected chi connectivity index (χ1v) is 4.84. The van der Waals surface area contributed by atoms with Crippen LogP contribution < -0.4 is 0 Å². The van der Waals surface area contributed by atoms with Crippen LogP contribution in [0, 0.1) is 5.92 Å². The molecule has 16 heavy (non-hydrogen) atoms. The average molecular weight is 243 g/mol. The lowest BCUT2D eigenvalue weighted by Crippen LogP contribution is -2.40. The highest BCUT2D eigenvalue weighted by Crippen LogP contribution is 2.26. The fraction of sp³-hybridized carbons (Fsp3) is 0.889. The Bertz CT molecular complexity index is 221. The van der Waals surface area contributed by atoms with Crippen LogP contribution in [0.25, 0.3) is 0 Å². The van der Waals surface area contributed by atoms with Crippen molar-refractivity contribution in [2.45, 2.75) is 13.1 Å². The highest BCUT2D eigenvalue weighted by Gasteiger charge is 2.45. The van der Waals surface area contributed by atoms with E-state index in [9.17, 15) is 18.0 Å². The largest absolute Gasteiger partial charge is 0.481 e. The zero-order chi connectivity index (χ0) is 12.8. The second-order valence-electron chi connectivity index (χ2n) is 3.39. The molecule has 1 unspecified atom stereocenters. The molecule has 0 aromatic carbocycles.